The van der Waals surface area contributed by atoms with Crippen LogP contribution in [0.4, 0.5) is 0 Å². The van der Waals surface area contributed by atoms with Crippen LogP contribution in [0.3, 0.4) is 0 Å². The second kappa shape index (κ2) is 13.5. The molecule has 1 aromatic carbocycles. The van der Waals surface area contributed by atoms with E-state index in [4.69, 9.17) is 0 Å². The summed E-state index contributed by atoms with van der Waals surface area (Å²) in [4.78, 5) is 21.2. The summed E-state index contributed by atoms with van der Waals surface area (Å²) in [6, 6.07) is 9.23. The molecule has 0 unspecified atom stereocenters. The van der Waals surface area contributed by atoms with Crippen LogP contribution >= 0.6 is 0 Å². The Morgan fingerprint density at radius 1 is 0.810 bits per heavy atom. The van der Waals surface area contributed by atoms with Crippen LogP contribution in [0.15, 0.2) is 30.3 Å². The number of carbonyl (C=O) groups excluding carboxylic acids is 2. The molecule has 0 spiro atoms. The molecule has 0 aromatic heterocycles. The van der Waals surface area contributed by atoms with Crippen LogP contribution in [0.1, 0.15) is 82.5 Å². The summed E-state index contributed by atoms with van der Waals surface area (Å²) in [5.41, 5.74) is 0.775. The van der Waals surface area contributed by atoms with Crippen LogP contribution in [0.5, 0.6) is 0 Å². The summed E-state index contributed by atoms with van der Waals surface area (Å²) in [6.07, 6.45) is 9.84. The highest BCUT2D eigenvalue weighted by atomic mass is 16.1. The predicted octanol–water partition coefficient (Wildman–Crippen LogP) is 5.61. The van der Waals surface area contributed by atoms with Crippen molar-refractivity contribution in [1.29, 1.82) is 0 Å². The van der Waals surface area contributed by atoms with Gasteiger partial charge in [-0.2, -0.15) is 0 Å². The van der Waals surface area contributed by atoms with Crippen LogP contribution in [-0.4, -0.2) is 11.6 Å². The number of unbranched alkanes of at least 4 members (excludes halogenated alkanes) is 6. The van der Waals surface area contributed by atoms with Gasteiger partial charge in [0.05, 0.1) is 0 Å². The summed E-state index contributed by atoms with van der Waals surface area (Å²) in [6.45, 7) is 5.47. The Hall–Kier alpha value is -1.44. The monoisotopic (exact) mass is 290 g/mol. The van der Waals surface area contributed by atoms with E-state index >= 15 is 0 Å². The Bertz CT molecular complexity index is 382. The third kappa shape index (κ3) is 13.3. The van der Waals surface area contributed by atoms with E-state index in [9.17, 15) is 9.59 Å². The maximum absolute atomic E-state index is 10.6. The van der Waals surface area contributed by atoms with Crippen molar-refractivity contribution in [3.8, 4) is 0 Å². The number of hydrogen-bond acceptors (Lipinski definition) is 2. The minimum Gasteiger partial charge on any atom is -0.300 e. The van der Waals surface area contributed by atoms with E-state index in [2.05, 4.69) is 6.92 Å². The largest absolute Gasteiger partial charge is 0.300 e. The molecule has 0 aliphatic heterocycles. The zero-order valence-electron chi connectivity index (χ0n) is 13.9. The lowest BCUT2D eigenvalue weighted by atomic mass is 10.1. The zero-order chi connectivity index (χ0) is 15.9. The summed E-state index contributed by atoms with van der Waals surface area (Å²) < 4.78 is 0. The van der Waals surface area contributed by atoms with E-state index in [0.29, 0.717) is 5.78 Å². The summed E-state index contributed by atoms with van der Waals surface area (Å²) >= 11 is 0. The summed E-state index contributed by atoms with van der Waals surface area (Å²) in [5.74, 6) is 0.458. The number of benzene rings is 1. The molecule has 118 valence electrons. The fourth-order valence-corrected chi connectivity index (χ4v) is 2.00. The van der Waals surface area contributed by atoms with Crippen molar-refractivity contribution >= 4 is 11.6 Å². The highest BCUT2D eigenvalue weighted by molar-refractivity contribution is 5.93. The highest BCUT2D eigenvalue weighted by Crippen LogP contribution is 2.08. The molecule has 0 radical (unpaired) electrons. The third-order valence-corrected chi connectivity index (χ3v) is 3.31. The van der Waals surface area contributed by atoms with E-state index < -0.39 is 0 Å². The van der Waals surface area contributed by atoms with Crippen LogP contribution < -0.4 is 0 Å². The number of hydrogen-bond donors (Lipinski definition) is 0. The first kappa shape index (κ1) is 19.6. The SMILES string of the molecule is CC(=O)c1ccccc1.CCCCCCCCCC(C)=O. The molecule has 21 heavy (non-hydrogen) atoms. The normalized spacial score (nSPS) is 9.67. The van der Waals surface area contributed by atoms with Crippen LogP contribution in [0.2, 0.25) is 0 Å². The van der Waals surface area contributed by atoms with Crippen molar-refractivity contribution in [2.45, 2.75) is 72.1 Å². The maximum atomic E-state index is 10.6. The van der Waals surface area contributed by atoms with Crippen LogP contribution in [-0.2, 0) is 4.79 Å². The van der Waals surface area contributed by atoms with Crippen molar-refractivity contribution in [2.75, 3.05) is 0 Å². The first-order valence-corrected chi connectivity index (χ1v) is 8.13. The molecule has 0 N–H and O–H groups in total. The Balaban J connectivity index is 0.000000394. The van der Waals surface area contributed by atoms with E-state index in [1.807, 2.05) is 30.3 Å². The smallest absolute Gasteiger partial charge is 0.159 e. The lowest BCUT2D eigenvalue weighted by Crippen LogP contribution is -1.89. The number of carbonyl (C=O) groups is 2. The average Bonchev–Trinajstić information content (AvgIpc) is 2.47. The summed E-state index contributed by atoms with van der Waals surface area (Å²) in [7, 11) is 0. The zero-order valence-corrected chi connectivity index (χ0v) is 13.9. The molecule has 0 saturated heterocycles. The topological polar surface area (TPSA) is 34.1 Å². The van der Waals surface area contributed by atoms with Crippen molar-refractivity contribution in [2.24, 2.45) is 0 Å². The Morgan fingerprint density at radius 2 is 1.33 bits per heavy atom. The van der Waals surface area contributed by atoms with Gasteiger partial charge >= 0.3 is 0 Å². The molecule has 0 atom stereocenters. The average molecular weight is 290 g/mol. The van der Waals surface area contributed by atoms with Crippen LogP contribution in [0, 0.1) is 0 Å². The molecule has 0 amide bonds. The highest BCUT2D eigenvalue weighted by Gasteiger charge is 1.94. The fourth-order valence-electron chi connectivity index (χ4n) is 2.00. The van der Waals surface area contributed by atoms with Gasteiger partial charge < -0.3 is 4.79 Å². The first-order chi connectivity index (χ1) is 10.1. The molecule has 1 aromatic rings. The molecule has 2 nitrogen and oxygen atoms in total. The summed E-state index contributed by atoms with van der Waals surface area (Å²) in [5, 5.41) is 0. The fraction of sp³-hybridized carbons (Fsp3) is 0.579. The third-order valence-electron chi connectivity index (χ3n) is 3.31. The Kier molecular flexibility index (Phi) is 12.6. The second-order valence-electron chi connectivity index (χ2n) is 5.50. The molecule has 0 saturated carbocycles. The van der Waals surface area contributed by atoms with Gasteiger partial charge in [-0.05, 0) is 20.3 Å². The number of rotatable bonds is 9. The second-order valence-corrected chi connectivity index (χ2v) is 5.50. The number of Topliss-reactive ketones (excluding diaryl/α,β-unsaturated/α-hetero) is 2. The van der Waals surface area contributed by atoms with Gasteiger partial charge in [-0.3, -0.25) is 4.79 Å². The Morgan fingerprint density at radius 3 is 1.76 bits per heavy atom. The minimum absolute atomic E-state index is 0.121. The molecular weight excluding hydrogens is 260 g/mol. The molecular formula is C19H30O2. The molecule has 0 bridgehead atoms. The van der Waals surface area contributed by atoms with Crippen LogP contribution in [0.25, 0.3) is 0 Å². The van der Waals surface area contributed by atoms with Gasteiger partial charge in [-0.1, -0.05) is 75.8 Å². The van der Waals surface area contributed by atoms with Gasteiger partial charge in [0, 0.05) is 12.0 Å². The van der Waals surface area contributed by atoms with Gasteiger partial charge in [-0.15, -0.1) is 0 Å². The molecule has 0 aliphatic carbocycles. The molecule has 0 aliphatic rings. The van der Waals surface area contributed by atoms with Crippen molar-refractivity contribution in [1.82, 2.24) is 0 Å². The molecule has 1 rings (SSSR count). The molecule has 2 heteroatoms. The van der Waals surface area contributed by atoms with Gasteiger partial charge in [0.1, 0.15) is 5.78 Å². The minimum atomic E-state index is 0.121. The Labute approximate surface area is 130 Å². The lowest BCUT2D eigenvalue weighted by molar-refractivity contribution is -0.117. The van der Waals surface area contributed by atoms with Gasteiger partial charge in [0.15, 0.2) is 5.78 Å². The lowest BCUT2D eigenvalue weighted by Gasteiger charge is -1.98. The van der Waals surface area contributed by atoms with Crippen molar-refractivity contribution in [3.63, 3.8) is 0 Å². The van der Waals surface area contributed by atoms with E-state index in [-0.39, 0.29) is 5.78 Å². The number of ketones is 2. The first-order valence-electron chi connectivity index (χ1n) is 8.13. The maximum Gasteiger partial charge on any atom is 0.159 e. The van der Waals surface area contributed by atoms with E-state index in [1.165, 1.54) is 38.5 Å². The standard InChI is InChI=1S/C11H22O.C8H8O/c1-3-4-5-6-7-8-9-10-11(2)12;1-7(9)8-5-3-2-4-6-8/h3-10H2,1-2H3;2-6H,1H3. The van der Waals surface area contributed by atoms with Crippen molar-refractivity contribution < 1.29 is 9.59 Å². The van der Waals surface area contributed by atoms with Gasteiger partial charge in [-0.25, -0.2) is 0 Å². The quantitative estimate of drug-likeness (QED) is 0.438. The van der Waals surface area contributed by atoms with Gasteiger partial charge in [0.25, 0.3) is 0 Å². The predicted molar refractivity (Wildman–Crippen MR) is 89.7 cm³/mol. The van der Waals surface area contributed by atoms with Gasteiger partial charge in [0.2, 0.25) is 0 Å². The van der Waals surface area contributed by atoms with E-state index in [1.54, 1.807) is 13.8 Å². The molecule has 0 fully saturated rings. The van der Waals surface area contributed by atoms with Crippen molar-refractivity contribution in [3.05, 3.63) is 35.9 Å². The molecule has 0 heterocycles. The van der Waals surface area contributed by atoms with E-state index in [0.717, 1.165) is 18.4 Å².